The zero-order chi connectivity index (χ0) is 24.8. The van der Waals surface area contributed by atoms with Gasteiger partial charge in [0.05, 0.1) is 32.2 Å². The average Bonchev–Trinajstić information content (AvgIpc) is 3.45. The van der Waals surface area contributed by atoms with E-state index in [-0.39, 0.29) is 31.3 Å². The topological polar surface area (TPSA) is 135 Å². The van der Waals surface area contributed by atoms with Crippen molar-refractivity contribution in [1.29, 1.82) is 0 Å². The Morgan fingerprint density at radius 1 is 1.12 bits per heavy atom. The van der Waals surface area contributed by atoms with Gasteiger partial charge in [-0.25, -0.2) is 0 Å². The molecule has 0 bridgehead atoms. The highest BCUT2D eigenvalue weighted by Gasteiger charge is 2.69. The third-order valence-electron chi connectivity index (χ3n) is 7.34. The summed E-state index contributed by atoms with van der Waals surface area (Å²) in [6, 6.07) is 1.69. The first-order valence-corrected chi connectivity index (χ1v) is 11.0. The predicted octanol–water partition coefficient (Wildman–Crippen LogP) is 2.22. The highest BCUT2D eigenvalue weighted by Crippen LogP contribution is 2.61. The molecule has 10 heteroatoms. The Hall–Kier alpha value is -3.43. The Labute approximate surface area is 195 Å². The summed E-state index contributed by atoms with van der Waals surface area (Å²) in [6.45, 7) is 2.91. The second-order valence-electron chi connectivity index (χ2n) is 8.94. The third kappa shape index (κ3) is 3.11. The van der Waals surface area contributed by atoms with Crippen LogP contribution in [0.15, 0.2) is 34.2 Å². The lowest BCUT2D eigenvalue weighted by Crippen LogP contribution is -2.59. The number of rotatable bonds is 4. The lowest BCUT2D eigenvalue weighted by molar-refractivity contribution is -0.183. The number of esters is 4. The number of ether oxygens (including phenoxy) is 4. The number of Topliss-reactive ketones (excluding diaryl/α,β-unsaturated/α-hetero) is 1. The van der Waals surface area contributed by atoms with Crippen LogP contribution in [-0.4, -0.2) is 50.0 Å². The first kappa shape index (κ1) is 23.7. The molecule has 2 aliphatic carbocycles. The van der Waals surface area contributed by atoms with Crippen molar-refractivity contribution in [2.75, 3.05) is 14.2 Å². The zero-order valence-electron chi connectivity index (χ0n) is 19.4. The Kier molecular flexibility index (Phi) is 5.87. The lowest BCUT2D eigenvalue weighted by atomic mass is 9.53. The molecule has 10 nitrogen and oxygen atoms in total. The summed E-state index contributed by atoms with van der Waals surface area (Å²) in [7, 11) is 2.13. The molecule has 0 N–H and O–H groups in total. The van der Waals surface area contributed by atoms with Gasteiger partial charge in [0.25, 0.3) is 0 Å². The van der Waals surface area contributed by atoms with Crippen molar-refractivity contribution in [3.8, 4) is 0 Å². The molecule has 182 valence electrons. The van der Waals surface area contributed by atoms with Crippen LogP contribution in [0.5, 0.6) is 0 Å². The maximum atomic E-state index is 13.5. The average molecular weight is 474 g/mol. The van der Waals surface area contributed by atoms with Crippen LogP contribution in [0.3, 0.4) is 0 Å². The number of ketones is 1. The summed E-state index contributed by atoms with van der Waals surface area (Å²) in [4.78, 5) is 65.4. The van der Waals surface area contributed by atoms with Gasteiger partial charge in [-0.3, -0.25) is 24.0 Å². The summed E-state index contributed by atoms with van der Waals surface area (Å²) in [5, 5.41) is 0. The van der Waals surface area contributed by atoms with Gasteiger partial charge in [-0.1, -0.05) is 6.92 Å². The van der Waals surface area contributed by atoms with Gasteiger partial charge in [-0.2, -0.15) is 0 Å². The molecule has 4 atom stereocenters. The van der Waals surface area contributed by atoms with Gasteiger partial charge in [0.1, 0.15) is 12.2 Å². The first-order chi connectivity index (χ1) is 16.1. The number of cyclic esters (lactones) is 1. The standard InChI is InChI=1S/C24H26O10/c1-12-9-16(26)19-15(23(12)10-17(34-20(23)27)14-7-8-32-11-14)5-6-18(33-13(2)25)24(19,21(28)30-3)22(29)31-4/h7-8,11-12,17-18H,5-6,9-10H2,1-4H3/t12-,17+,18+,23-/m1/s1. The van der Waals surface area contributed by atoms with Gasteiger partial charge in [0.2, 0.25) is 5.41 Å². The van der Waals surface area contributed by atoms with Gasteiger partial charge in [0, 0.05) is 30.9 Å². The quantitative estimate of drug-likeness (QED) is 0.363. The fraction of sp³-hybridized carbons (Fsp3) is 0.542. The van der Waals surface area contributed by atoms with Crippen LogP contribution in [0.2, 0.25) is 0 Å². The number of hydrogen-bond donors (Lipinski definition) is 0. The van der Waals surface area contributed by atoms with E-state index in [2.05, 4.69) is 0 Å². The fourth-order valence-corrected chi connectivity index (χ4v) is 5.87. The monoisotopic (exact) mass is 474 g/mol. The molecule has 1 spiro atoms. The first-order valence-electron chi connectivity index (χ1n) is 11.0. The molecule has 3 aliphatic rings. The van der Waals surface area contributed by atoms with E-state index in [1.54, 1.807) is 13.0 Å². The molecule has 1 aliphatic heterocycles. The molecule has 2 heterocycles. The van der Waals surface area contributed by atoms with E-state index in [1.165, 1.54) is 12.5 Å². The number of methoxy groups -OCH3 is 2. The SMILES string of the molecule is COC(=O)C1(C(=O)OC)C2=C(CC[C@@H]1OC(C)=O)[C@@]1(C[C@@H](c3ccoc3)OC1=O)[C@H](C)CC2=O. The van der Waals surface area contributed by atoms with Gasteiger partial charge in [-0.05, 0) is 30.4 Å². The molecular formula is C24H26O10. The third-order valence-corrected chi connectivity index (χ3v) is 7.34. The summed E-state index contributed by atoms with van der Waals surface area (Å²) in [6.07, 6.45) is 1.24. The van der Waals surface area contributed by atoms with E-state index in [1.807, 2.05) is 0 Å². The van der Waals surface area contributed by atoms with Crippen LogP contribution in [0.25, 0.3) is 0 Å². The molecule has 0 amide bonds. The minimum atomic E-state index is -2.35. The van der Waals surface area contributed by atoms with Crippen LogP contribution in [0.1, 0.15) is 51.2 Å². The molecule has 1 fully saturated rings. The van der Waals surface area contributed by atoms with Gasteiger partial charge in [-0.15, -0.1) is 0 Å². The van der Waals surface area contributed by atoms with E-state index in [0.717, 1.165) is 21.1 Å². The normalized spacial score (nSPS) is 29.9. The summed E-state index contributed by atoms with van der Waals surface area (Å²) >= 11 is 0. The number of carbonyl (C=O) groups is 5. The summed E-state index contributed by atoms with van der Waals surface area (Å²) in [5.74, 6) is -4.41. The second kappa shape index (κ2) is 8.41. The minimum Gasteiger partial charge on any atom is -0.472 e. The smallest absolute Gasteiger partial charge is 0.331 e. The lowest BCUT2D eigenvalue weighted by Gasteiger charge is -2.48. The van der Waals surface area contributed by atoms with Crippen molar-refractivity contribution < 1.29 is 47.3 Å². The summed E-state index contributed by atoms with van der Waals surface area (Å²) < 4.78 is 26.2. The molecule has 1 aromatic heterocycles. The number of carbonyl (C=O) groups excluding carboxylic acids is 5. The number of fused-ring (bicyclic) bond motifs is 1. The van der Waals surface area contributed by atoms with Gasteiger partial charge in [0.15, 0.2) is 5.78 Å². The molecule has 0 aromatic carbocycles. The molecule has 1 aromatic rings. The molecule has 4 rings (SSSR count). The van der Waals surface area contributed by atoms with Crippen LogP contribution >= 0.6 is 0 Å². The van der Waals surface area contributed by atoms with Crippen molar-refractivity contribution in [2.24, 2.45) is 16.7 Å². The maximum Gasteiger partial charge on any atom is 0.331 e. The molecule has 0 radical (unpaired) electrons. The summed E-state index contributed by atoms with van der Waals surface area (Å²) in [5.41, 5.74) is -2.78. The predicted molar refractivity (Wildman–Crippen MR) is 112 cm³/mol. The Balaban J connectivity index is 1.98. The fourth-order valence-electron chi connectivity index (χ4n) is 5.87. The highest BCUT2D eigenvalue weighted by molar-refractivity contribution is 6.16. The van der Waals surface area contributed by atoms with E-state index >= 15 is 0 Å². The van der Waals surface area contributed by atoms with Crippen molar-refractivity contribution in [3.63, 3.8) is 0 Å². The Bertz CT molecular complexity index is 1070. The molecule has 0 unspecified atom stereocenters. The molecular weight excluding hydrogens is 448 g/mol. The van der Waals surface area contributed by atoms with Crippen molar-refractivity contribution in [3.05, 3.63) is 35.3 Å². The van der Waals surface area contributed by atoms with Crippen molar-refractivity contribution >= 4 is 29.7 Å². The number of furan rings is 1. The maximum absolute atomic E-state index is 13.5. The molecule has 34 heavy (non-hydrogen) atoms. The van der Waals surface area contributed by atoms with Crippen molar-refractivity contribution in [1.82, 2.24) is 0 Å². The van der Waals surface area contributed by atoms with Crippen LogP contribution in [-0.2, 0) is 42.9 Å². The van der Waals surface area contributed by atoms with E-state index in [0.29, 0.717) is 11.1 Å². The molecule has 1 saturated heterocycles. The Morgan fingerprint density at radius 2 is 1.79 bits per heavy atom. The van der Waals surface area contributed by atoms with Crippen molar-refractivity contribution in [2.45, 2.75) is 51.7 Å². The van der Waals surface area contributed by atoms with E-state index < -0.39 is 58.6 Å². The molecule has 0 saturated carbocycles. The number of hydrogen-bond acceptors (Lipinski definition) is 10. The van der Waals surface area contributed by atoms with Crippen LogP contribution in [0.4, 0.5) is 0 Å². The van der Waals surface area contributed by atoms with Gasteiger partial charge < -0.3 is 23.4 Å². The van der Waals surface area contributed by atoms with Gasteiger partial charge >= 0.3 is 23.9 Å². The van der Waals surface area contributed by atoms with Crippen LogP contribution < -0.4 is 0 Å². The minimum absolute atomic E-state index is 0.00796. The van der Waals surface area contributed by atoms with Crippen LogP contribution in [0, 0.1) is 16.7 Å². The second-order valence-corrected chi connectivity index (χ2v) is 8.94. The highest BCUT2D eigenvalue weighted by atomic mass is 16.6. The van der Waals surface area contributed by atoms with E-state index in [4.69, 9.17) is 23.4 Å². The largest absolute Gasteiger partial charge is 0.472 e. The van der Waals surface area contributed by atoms with E-state index in [9.17, 15) is 24.0 Å². The Morgan fingerprint density at radius 3 is 2.35 bits per heavy atom. The zero-order valence-corrected chi connectivity index (χ0v) is 19.4.